The van der Waals surface area contributed by atoms with Crippen LogP contribution < -0.4 is 10.6 Å². The lowest BCUT2D eigenvalue weighted by Gasteiger charge is -2.08. The molecule has 0 unspecified atom stereocenters. The van der Waals surface area contributed by atoms with Crippen LogP contribution in [0, 0.1) is 0 Å². The summed E-state index contributed by atoms with van der Waals surface area (Å²) in [5.74, 6) is -0.634. The number of amides is 2. The SMILES string of the molecule is CCNC(=O)c1ccc(NC(=O)c2cccc(CS(C)(=O)=O)c2)cc1. The zero-order valence-electron chi connectivity index (χ0n) is 14.1. The van der Waals surface area contributed by atoms with Crippen molar-refractivity contribution in [3.63, 3.8) is 0 Å². The lowest BCUT2D eigenvalue weighted by atomic mass is 10.1. The fourth-order valence-corrected chi connectivity index (χ4v) is 3.06. The summed E-state index contributed by atoms with van der Waals surface area (Å²) < 4.78 is 22.7. The largest absolute Gasteiger partial charge is 0.352 e. The fourth-order valence-electron chi connectivity index (χ4n) is 2.28. The molecule has 0 heterocycles. The first-order valence-corrected chi connectivity index (χ1v) is 9.81. The number of sulfone groups is 1. The summed E-state index contributed by atoms with van der Waals surface area (Å²) in [6, 6.07) is 13.0. The maximum absolute atomic E-state index is 12.3. The molecule has 7 heteroatoms. The highest BCUT2D eigenvalue weighted by molar-refractivity contribution is 7.89. The van der Waals surface area contributed by atoms with Gasteiger partial charge in [-0.1, -0.05) is 12.1 Å². The van der Waals surface area contributed by atoms with Crippen molar-refractivity contribution in [2.75, 3.05) is 18.1 Å². The van der Waals surface area contributed by atoms with Gasteiger partial charge in [-0.2, -0.15) is 0 Å². The molecule has 0 aliphatic heterocycles. The number of nitrogens with one attached hydrogen (secondary N) is 2. The lowest BCUT2D eigenvalue weighted by molar-refractivity contribution is 0.0955. The molecule has 132 valence electrons. The number of carbonyl (C=O) groups is 2. The normalized spacial score (nSPS) is 11.0. The molecule has 0 atom stereocenters. The topological polar surface area (TPSA) is 92.3 Å². The predicted octanol–water partition coefficient (Wildman–Crippen LogP) is 2.23. The molecule has 0 aliphatic rings. The van der Waals surface area contributed by atoms with Gasteiger partial charge in [0.1, 0.15) is 0 Å². The Morgan fingerprint density at radius 2 is 1.64 bits per heavy atom. The first-order valence-electron chi connectivity index (χ1n) is 7.75. The van der Waals surface area contributed by atoms with Gasteiger partial charge in [-0.25, -0.2) is 8.42 Å². The van der Waals surface area contributed by atoms with E-state index in [1.54, 1.807) is 48.5 Å². The minimum absolute atomic E-state index is 0.116. The molecule has 0 bridgehead atoms. The van der Waals surface area contributed by atoms with Gasteiger partial charge < -0.3 is 10.6 Å². The summed E-state index contributed by atoms with van der Waals surface area (Å²) >= 11 is 0. The molecule has 0 spiro atoms. The van der Waals surface area contributed by atoms with E-state index in [9.17, 15) is 18.0 Å². The van der Waals surface area contributed by atoms with Crippen LogP contribution in [0.2, 0.25) is 0 Å². The second-order valence-electron chi connectivity index (χ2n) is 5.66. The molecule has 0 saturated heterocycles. The summed E-state index contributed by atoms with van der Waals surface area (Å²) in [6.07, 6.45) is 1.15. The smallest absolute Gasteiger partial charge is 0.255 e. The second kappa shape index (κ2) is 7.94. The Kier molecular flexibility index (Phi) is 5.93. The zero-order chi connectivity index (χ0) is 18.4. The first-order chi connectivity index (χ1) is 11.8. The number of rotatable bonds is 6. The Balaban J connectivity index is 2.09. The van der Waals surface area contributed by atoms with Crippen LogP contribution in [0.1, 0.15) is 33.2 Å². The van der Waals surface area contributed by atoms with E-state index in [0.717, 1.165) is 6.26 Å². The Labute approximate surface area is 147 Å². The maximum atomic E-state index is 12.3. The zero-order valence-corrected chi connectivity index (χ0v) is 14.9. The van der Waals surface area contributed by atoms with Crippen LogP contribution in [0.25, 0.3) is 0 Å². The minimum Gasteiger partial charge on any atom is -0.352 e. The van der Waals surface area contributed by atoms with E-state index in [2.05, 4.69) is 10.6 Å². The van der Waals surface area contributed by atoms with Gasteiger partial charge in [-0.15, -0.1) is 0 Å². The Morgan fingerprint density at radius 3 is 2.24 bits per heavy atom. The van der Waals surface area contributed by atoms with Crippen molar-refractivity contribution < 1.29 is 18.0 Å². The molecule has 0 aliphatic carbocycles. The van der Waals surface area contributed by atoms with Crippen LogP contribution in [0.3, 0.4) is 0 Å². The molecule has 2 aromatic carbocycles. The van der Waals surface area contributed by atoms with Crippen LogP contribution in [-0.2, 0) is 15.6 Å². The molecular formula is C18H20N2O4S. The van der Waals surface area contributed by atoms with Gasteiger partial charge in [-0.3, -0.25) is 9.59 Å². The molecular weight excluding hydrogens is 340 g/mol. The average Bonchev–Trinajstić information content (AvgIpc) is 2.54. The van der Waals surface area contributed by atoms with Gasteiger partial charge in [0.15, 0.2) is 9.84 Å². The lowest BCUT2D eigenvalue weighted by Crippen LogP contribution is -2.22. The van der Waals surface area contributed by atoms with Crippen LogP contribution in [0.15, 0.2) is 48.5 Å². The van der Waals surface area contributed by atoms with E-state index in [1.807, 2.05) is 6.92 Å². The summed E-state index contributed by atoms with van der Waals surface area (Å²) in [5.41, 5.74) is 1.98. The first kappa shape index (κ1) is 18.7. The Morgan fingerprint density at radius 1 is 0.960 bits per heavy atom. The van der Waals surface area contributed by atoms with E-state index in [0.29, 0.717) is 28.9 Å². The molecule has 25 heavy (non-hydrogen) atoms. The standard InChI is InChI=1S/C18H20N2O4S/c1-3-19-17(21)14-7-9-16(10-8-14)20-18(22)15-6-4-5-13(11-15)12-25(2,23)24/h4-11H,3,12H2,1-2H3,(H,19,21)(H,20,22). The van der Waals surface area contributed by atoms with E-state index < -0.39 is 9.84 Å². The van der Waals surface area contributed by atoms with Gasteiger partial charge in [0.25, 0.3) is 11.8 Å². The highest BCUT2D eigenvalue weighted by Gasteiger charge is 2.10. The van der Waals surface area contributed by atoms with Crippen LogP contribution >= 0.6 is 0 Å². The quantitative estimate of drug-likeness (QED) is 0.826. The minimum atomic E-state index is -3.17. The molecule has 0 radical (unpaired) electrons. The van der Waals surface area contributed by atoms with Crippen molar-refractivity contribution in [3.05, 3.63) is 65.2 Å². The molecule has 2 amide bonds. The van der Waals surface area contributed by atoms with Crippen LogP contribution in [0.4, 0.5) is 5.69 Å². The van der Waals surface area contributed by atoms with E-state index >= 15 is 0 Å². The number of carbonyl (C=O) groups excluding carboxylic acids is 2. The van der Waals surface area contributed by atoms with E-state index in [-0.39, 0.29) is 17.6 Å². The predicted molar refractivity (Wildman–Crippen MR) is 97.4 cm³/mol. The van der Waals surface area contributed by atoms with Gasteiger partial charge in [0.05, 0.1) is 5.75 Å². The Hall–Kier alpha value is -2.67. The monoisotopic (exact) mass is 360 g/mol. The highest BCUT2D eigenvalue weighted by atomic mass is 32.2. The fraction of sp³-hybridized carbons (Fsp3) is 0.222. The van der Waals surface area contributed by atoms with Crippen LogP contribution in [-0.4, -0.2) is 33.0 Å². The van der Waals surface area contributed by atoms with Crippen molar-refractivity contribution in [1.82, 2.24) is 5.32 Å². The molecule has 0 saturated carbocycles. The van der Waals surface area contributed by atoms with Crippen molar-refractivity contribution in [2.24, 2.45) is 0 Å². The second-order valence-corrected chi connectivity index (χ2v) is 7.80. The number of anilines is 1. The number of hydrogen-bond acceptors (Lipinski definition) is 4. The molecule has 6 nitrogen and oxygen atoms in total. The van der Waals surface area contributed by atoms with E-state index in [1.165, 1.54) is 0 Å². The molecule has 2 aromatic rings. The number of benzene rings is 2. The van der Waals surface area contributed by atoms with Crippen molar-refractivity contribution >= 4 is 27.3 Å². The summed E-state index contributed by atoms with van der Waals surface area (Å²) in [5, 5.41) is 5.42. The molecule has 0 fully saturated rings. The third-order valence-electron chi connectivity index (χ3n) is 3.36. The van der Waals surface area contributed by atoms with Gasteiger partial charge in [0, 0.05) is 29.6 Å². The number of hydrogen-bond donors (Lipinski definition) is 2. The van der Waals surface area contributed by atoms with Crippen LogP contribution in [0.5, 0.6) is 0 Å². The van der Waals surface area contributed by atoms with Crippen molar-refractivity contribution in [2.45, 2.75) is 12.7 Å². The molecule has 2 N–H and O–H groups in total. The van der Waals surface area contributed by atoms with Crippen molar-refractivity contribution in [3.8, 4) is 0 Å². The third kappa shape index (κ3) is 5.72. The summed E-state index contributed by atoms with van der Waals surface area (Å²) in [6.45, 7) is 2.38. The maximum Gasteiger partial charge on any atom is 0.255 e. The van der Waals surface area contributed by atoms with Crippen molar-refractivity contribution in [1.29, 1.82) is 0 Å². The van der Waals surface area contributed by atoms with Gasteiger partial charge >= 0.3 is 0 Å². The molecule has 0 aromatic heterocycles. The van der Waals surface area contributed by atoms with Gasteiger partial charge in [0.2, 0.25) is 0 Å². The molecule has 2 rings (SSSR count). The Bertz CT molecular complexity index is 874. The average molecular weight is 360 g/mol. The van der Waals surface area contributed by atoms with E-state index in [4.69, 9.17) is 0 Å². The third-order valence-corrected chi connectivity index (χ3v) is 4.22. The highest BCUT2D eigenvalue weighted by Crippen LogP contribution is 2.13. The summed E-state index contributed by atoms with van der Waals surface area (Å²) in [7, 11) is -3.17. The summed E-state index contributed by atoms with van der Waals surface area (Å²) in [4.78, 5) is 24.0. The van der Waals surface area contributed by atoms with Gasteiger partial charge in [-0.05, 0) is 48.9 Å².